The lowest BCUT2D eigenvalue weighted by Crippen LogP contribution is -2.35. The van der Waals surface area contributed by atoms with Gasteiger partial charge in [-0.15, -0.1) is 0 Å². The summed E-state index contributed by atoms with van der Waals surface area (Å²) in [7, 11) is 1.82. The number of nitrogens with one attached hydrogen (secondary N) is 1. The average Bonchev–Trinajstić information content (AvgIpc) is 2.42. The van der Waals surface area contributed by atoms with Crippen LogP contribution >= 0.6 is 0 Å². The average molecular weight is 249 g/mol. The Hall–Kier alpha value is -1.58. The van der Waals surface area contributed by atoms with E-state index in [4.69, 9.17) is 0 Å². The monoisotopic (exact) mass is 249 g/mol. The van der Waals surface area contributed by atoms with Gasteiger partial charge in [0.2, 0.25) is 0 Å². The topological polar surface area (TPSA) is 45.2 Å². The number of carbonyl (C=O) groups excluding carboxylic acids is 1. The number of aromatic nitrogens is 1. The van der Waals surface area contributed by atoms with Gasteiger partial charge in [-0.3, -0.25) is 4.79 Å². The lowest BCUT2D eigenvalue weighted by Gasteiger charge is -2.23. The third kappa shape index (κ3) is 3.72. The quantitative estimate of drug-likeness (QED) is 0.843. The summed E-state index contributed by atoms with van der Waals surface area (Å²) in [5.41, 5.74) is 0.499. The Kier molecular flexibility index (Phi) is 5.62. The molecule has 1 aromatic heterocycles. The summed E-state index contributed by atoms with van der Waals surface area (Å²) >= 11 is 0. The van der Waals surface area contributed by atoms with E-state index in [0.717, 1.165) is 25.2 Å². The van der Waals surface area contributed by atoms with Crippen LogP contribution in [0, 0.1) is 0 Å². The zero-order valence-corrected chi connectivity index (χ0v) is 11.7. The molecule has 1 amide bonds. The highest BCUT2D eigenvalue weighted by Crippen LogP contribution is 2.10. The van der Waals surface area contributed by atoms with Crippen LogP contribution in [0.5, 0.6) is 0 Å². The Labute approximate surface area is 109 Å². The molecule has 1 unspecified atom stereocenters. The summed E-state index contributed by atoms with van der Waals surface area (Å²) < 4.78 is 0. The Morgan fingerprint density at radius 2 is 2.17 bits per heavy atom. The predicted octanol–water partition coefficient (Wildman–Crippen LogP) is 2.77. The van der Waals surface area contributed by atoms with Crippen molar-refractivity contribution in [1.29, 1.82) is 0 Å². The SMILES string of the molecule is CCCNc1cccc(C(=O)N(C)C(C)CC)n1. The highest BCUT2D eigenvalue weighted by Gasteiger charge is 2.17. The number of hydrogen-bond acceptors (Lipinski definition) is 3. The van der Waals surface area contributed by atoms with Crippen LogP contribution < -0.4 is 5.32 Å². The third-order valence-electron chi connectivity index (χ3n) is 3.10. The molecular formula is C14H23N3O. The van der Waals surface area contributed by atoms with E-state index in [9.17, 15) is 4.79 Å². The molecule has 1 aromatic rings. The van der Waals surface area contributed by atoms with E-state index < -0.39 is 0 Å². The fourth-order valence-electron chi connectivity index (χ4n) is 1.56. The highest BCUT2D eigenvalue weighted by molar-refractivity contribution is 5.92. The first-order valence-corrected chi connectivity index (χ1v) is 6.58. The maximum atomic E-state index is 12.2. The van der Waals surface area contributed by atoms with Gasteiger partial charge in [-0.1, -0.05) is 19.9 Å². The summed E-state index contributed by atoms with van der Waals surface area (Å²) in [5.74, 6) is 0.741. The van der Waals surface area contributed by atoms with Gasteiger partial charge in [-0.2, -0.15) is 0 Å². The van der Waals surface area contributed by atoms with Gasteiger partial charge < -0.3 is 10.2 Å². The maximum Gasteiger partial charge on any atom is 0.272 e. The number of nitrogens with zero attached hydrogens (tertiary/aromatic N) is 2. The summed E-state index contributed by atoms with van der Waals surface area (Å²) in [5, 5.41) is 3.19. The van der Waals surface area contributed by atoms with Crippen LogP contribution in [0.4, 0.5) is 5.82 Å². The second-order valence-electron chi connectivity index (χ2n) is 4.51. The number of anilines is 1. The Morgan fingerprint density at radius 1 is 1.44 bits per heavy atom. The van der Waals surface area contributed by atoms with E-state index in [1.165, 1.54) is 0 Å². The van der Waals surface area contributed by atoms with Gasteiger partial charge in [0.15, 0.2) is 0 Å². The zero-order valence-electron chi connectivity index (χ0n) is 11.7. The first kappa shape index (κ1) is 14.5. The zero-order chi connectivity index (χ0) is 13.5. The van der Waals surface area contributed by atoms with E-state index in [-0.39, 0.29) is 11.9 Å². The molecule has 0 spiro atoms. The van der Waals surface area contributed by atoms with E-state index in [1.54, 1.807) is 11.0 Å². The molecule has 100 valence electrons. The van der Waals surface area contributed by atoms with Gasteiger partial charge in [-0.05, 0) is 31.9 Å². The van der Waals surface area contributed by atoms with E-state index in [2.05, 4.69) is 24.1 Å². The predicted molar refractivity (Wildman–Crippen MR) is 74.9 cm³/mol. The minimum absolute atomic E-state index is 0.0236. The first-order valence-electron chi connectivity index (χ1n) is 6.58. The summed E-state index contributed by atoms with van der Waals surface area (Å²) in [6, 6.07) is 5.74. The molecule has 0 saturated heterocycles. The van der Waals surface area contributed by atoms with Crippen molar-refractivity contribution in [3.05, 3.63) is 23.9 Å². The maximum absolute atomic E-state index is 12.2. The van der Waals surface area contributed by atoms with Gasteiger partial charge in [-0.25, -0.2) is 4.98 Å². The summed E-state index contributed by atoms with van der Waals surface area (Å²) in [6.07, 6.45) is 1.97. The molecule has 0 fully saturated rings. The number of pyridine rings is 1. The first-order chi connectivity index (χ1) is 8.60. The summed E-state index contributed by atoms with van der Waals surface area (Å²) in [6.45, 7) is 7.07. The smallest absolute Gasteiger partial charge is 0.272 e. The molecule has 0 radical (unpaired) electrons. The van der Waals surface area contributed by atoms with Crippen molar-refractivity contribution in [2.45, 2.75) is 39.7 Å². The van der Waals surface area contributed by atoms with Crippen molar-refractivity contribution in [3.8, 4) is 0 Å². The molecule has 0 bridgehead atoms. The van der Waals surface area contributed by atoms with Crippen LogP contribution in [-0.4, -0.2) is 35.4 Å². The molecule has 1 atom stereocenters. The molecule has 0 saturated carbocycles. The van der Waals surface area contributed by atoms with E-state index in [0.29, 0.717) is 5.69 Å². The van der Waals surface area contributed by atoms with Gasteiger partial charge >= 0.3 is 0 Å². The van der Waals surface area contributed by atoms with Crippen molar-refractivity contribution in [1.82, 2.24) is 9.88 Å². The minimum atomic E-state index is -0.0236. The van der Waals surface area contributed by atoms with Crippen LogP contribution in [0.1, 0.15) is 44.1 Å². The van der Waals surface area contributed by atoms with E-state index in [1.807, 2.05) is 26.1 Å². The molecule has 0 aliphatic rings. The second-order valence-corrected chi connectivity index (χ2v) is 4.51. The number of rotatable bonds is 6. The van der Waals surface area contributed by atoms with Crippen LogP contribution in [0.25, 0.3) is 0 Å². The van der Waals surface area contributed by atoms with Crippen molar-refractivity contribution >= 4 is 11.7 Å². The molecule has 1 heterocycles. The Morgan fingerprint density at radius 3 is 2.78 bits per heavy atom. The summed E-state index contributed by atoms with van der Waals surface area (Å²) in [4.78, 5) is 18.3. The highest BCUT2D eigenvalue weighted by atomic mass is 16.2. The van der Waals surface area contributed by atoms with Gasteiger partial charge in [0, 0.05) is 19.6 Å². The number of amides is 1. The molecule has 0 aliphatic heterocycles. The van der Waals surface area contributed by atoms with E-state index >= 15 is 0 Å². The molecule has 1 rings (SSSR count). The van der Waals surface area contributed by atoms with Crippen LogP contribution in [0.2, 0.25) is 0 Å². The van der Waals surface area contributed by atoms with Crippen molar-refractivity contribution in [3.63, 3.8) is 0 Å². The van der Waals surface area contributed by atoms with Crippen LogP contribution in [0.3, 0.4) is 0 Å². The minimum Gasteiger partial charge on any atom is -0.370 e. The second kappa shape index (κ2) is 6.99. The van der Waals surface area contributed by atoms with Gasteiger partial charge in [0.05, 0.1) is 0 Å². The van der Waals surface area contributed by atoms with Gasteiger partial charge in [0.25, 0.3) is 5.91 Å². The fraction of sp³-hybridized carbons (Fsp3) is 0.571. The fourth-order valence-corrected chi connectivity index (χ4v) is 1.56. The van der Waals surface area contributed by atoms with Crippen molar-refractivity contribution < 1.29 is 4.79 Å². The van der Waals surface area contributed by atoms with Crippen molar-refractivity contribution in [2.75, 3.05) is 18.9 Å². The Balaban J connectivity index is 2.79. The molecule has 4 nitrogen and oxygen atoms in total. The molecule has 0 aromatic carbocycles. The molecule has 18 heavy (non-hydrogen) atoms. The van der Waals surface area contributed by atoms with Crippen molar-refractivity contribution in [2.24, 2.45) is 0 Å². The largest absolute Gasteiger partial charge is 0.370 e. The molecular weight excluding hydrogens is 226 g/mol. The lowest BCUT2D eigenvalue weighted by molar-refractivity contribution is 0.0735. The third-order valence-corrected chi connectivity index (χ3v) is 3.10. The van der Waals surface area contributed by atoms with Crippen LogP contribution in [-0.2, 0) is 0 Å². The molecule has 1 N–H and O–H groups in total. The molecule has 4 heteroatoms. The molecule has 0 aliphatic carbocycles. The normalized spacial score (nSPS) is 12.0. The van der Waals surface area contributed by atoms with Gasteiger partial charge in [0.1, 0.15) is 11.5 Å². The lowest BCUT2D eigenvalue weighted by atomic mass is 10.2. The number of carbonyl (C=O) groups is 1. The number of hydrogen-bond donors (Lipinski definition) is 1. The standard InChI is InChI=1S/C14H23N3O/c1-5-10-15-13-9-7-8-12(16-13)14(18)17(4)11(3)6-2/h7-9,11H,5-6,10H2,1-4H3,(H,15,16). The van der Waals surface area contributed by atoms with Crippen LogP contribution in [0.15, 0.2) is 18.2 Å². The Bertz CT molecular complexity index is 392.